The first-order chi connectivity index (χ1) is 14.9. The number of carbonyl (C=O) groups is 1. The summed E-state index contributed by atoms with van der Waals surface area (Å²) in [5.41, 5.74) is 3.54. The molecule has 0 aliphatic rings. The monoisotopic (exact) mass is 433 g/mol. The number of aryl methyl sites for hydroxylation is 2. The van der Waals surface area contributed by atoms with E-state index in [0.717, 1.165) is 16.8 Å². The molecule has 0 radical (unpaired) electrons. The van der Waals surface area contributed by atoms with Crippen molar-refractivity contribution in [1.82, 2.24) is 19.3 Å². The van der Waals surface area contributed by atoms with Crippen LogP contribution in [0.1, 0.15) is 11.1 Å². The van der Waals surface area contributed by atoms with Crippen molar-refractivity contribution in [3.05, 3.63) is 82.3 Å². The van der Waals surface area contributed by atoms with Gasteiger partial charge < -0.3 is 4.90 Å². The zero-order valence-corrected chi connectivity index (χ0v) is 18.5. The molecule has 1 amide bonds. The van der Waals surface area contributed by atoms with Gasteiger partial charge in [0.2, 0.25) is 5.91 Å². The summed E-state index contributed by atoms with van der Waals surface area (Å²) in [6.07, 6.45) is 1.72. The first-order valence-electron chi connectivity index (χ1n) is 9.86. The topological polar surface area (TPSA) is 73.0 Å². The van der Waals surface area contributed by atoms with E-state index in [0.29, 0.717) is 22.7 Å². The maximum atomic E-state index is 13.1. The van der Waals surface area contributed by atoms with Gasteiger partial charge in [-0.3, -0.25) is 18.8 Å². The molecule has 0 N–H and O–H groups in total. The maximum absolute atomic E-state index is 13.1. The van der Waals surface area contributed by atoms with Gasteiger partial charge in [0.05, 0.1) is 18.5 Å². The van der Waals surface area contributed by atoms with Crippen molar-refractivity contribution in [1.29, 1.82) is 0 Å². The molecule has 2 heterocycles. The number of nitrogens with zero attached hydrogens (tertiary/aromatic N) is 5. The molecule has 4 aromatic rings. The van der Waals surface area contributed by atoms with Crippen LogP contribution in [-0.4, -0.2) is 38.0 Å². The van der Waals surface area contributed by atoms with Crippen LogP contribution < -0.4 is 10.5 Å². The van der Waals surface area contributed by atoms with Crippen LogP contribution in [0.25, 0.3) is 11.0 Å². The summed E-state index contributed by atoms with van der Waals surface area (Å²) in [6, 6.07) is 17.5. The third kappa shape index (κ3) is 4.54. The molecule has 0 aliphatic heterocycles. The van der Waals surface area contributed by atoms with E-state index < -0.39 is 0 Å². The lowest BCUT2D eigenvalue weighted by Gasteiger charge is -2.18. The van der Waals surface area contributed by atoms with Crippen LogP contribution in [0.15, 0.2) is 70.7 Å². The third-order valence-electron chi connectivity index (χ3n) is 4.98. The lowest BCUT2D eigenvalue weighted by atomic mass is 10.2. The van der Waals surface area contributed by atoms with Crippen molar-refractivity contribution in [2.45, 2.75) is 18.6 Å². The van der Waals surface area contributed by atoms with Crippen molar-refractivity contribution in [2.24, 2.45) is 7.05 Å². The molecule has 4 rings (SSSR count). The van der Waals surface area contributed by atoms with E-state index in [-0.39, 0.29) is 17.2 Å². The molecule has 0 bridgehead atoms. The summed E-state index contributed by atoms with van der Waals surface area (Å²) < 4.78 is 3.17. The minimum absolute atomic E-state index is 0.0672. The summed E-state index contributed by atoms with van der Waals surface area (Å²) in [7, 11) is 3.52. The molecule has 158 valence electrons. The van der Waals surface area contributed by atoms with Gasteiger partial charge in [-0.15, -0.1) is 0 Å². The van der Waals surface area contributed by atoms with E-state index in [1.165, 1.54) is 11.8 Å². The largest absolute Gasteiger partial charge is 0.315 e. The Morgan fingerprint density at radius 3 is 2.65 bits per heavy atom. The number of benzene rings is 2. The van der Waals surface area contributed by atoms with E-state index >= 15 is 0 Å². The maximum Gasteiger partial charge on any atom is 0.282 e. The minimum Gasteiger partial charge on any atom is -0.315 e. The number of fused-ring (bicyclic) bond motifs is 1. The average molecular weight is 434 g/mol. The standard InChI is InChI=1S/C23H23N5O2S/c1-16-8-7-11-18(12-16)27(3)20(29)15-31-23-24-19-14-26(2)25-21(19)22(30)28(23)13-17-9-5-4-6-10-17/h4-12,14H,13,15H2,1-3H3. The second-order valence-corrected chi connectivity index (χ2v) is 8.33. The van der Waals surface area contributed by atoms with Crippen molar-refractivity contribution in [2.75, 3.05) is 17.7 Å². The van der Waals surface area contributed by atoms with Crippen LogP contribution in [0.5, 0.6) is 0 Å². The third-order valence-corrected chi connectivity index (χ3v) is 5.94. The number of amides is 1. The van der Waals surface area contributed by atoms with Gasteiger partial charge in [0, 0.05) is 19.8 Å². The zero-order valence-electron chi connectivity index (χ0n) is 17.6. The Kier molecular flexibility index (Phi) is 5.90. The Labute approximate surface area is 184 Å². The van der Waals surface area contributed by atoms with Crippen LogP contribution in [0.3, 0.4) is 0 Å². The Morgan fingerprint density at radius 2 is 1.90 bits per heavy atom. The molecular formula is C23H23N5O2S. The van der Waals surface area contributed by atoms with Crippen LogP contribution in [0.2, 0.25) is 0 Å². The van der Waals surface area contributed by atoms with Crippen molar-refractivity contribution >= 4 is 34.4 Å². The first kappa shape index (κ1) is 20.9. The van der Waals surface area contributed by atoms with Gasteiger partial charge in [0.15, 0.2) is 10.7 Å². The fraction of sp³-hybridized carbons (Fsp3) is 0.217. The van der Waals surface area contributed by atoms with Gasteiger partial charge in [-0.05, 0) is 30.2 Å². The normalized spacial score (nSPS) is 11.1. The molecule has 0 saturated carbocycles. The molecule has 0 spiro atoms. The van der Waals surface area contributed by atoms with Gasteiger partial charge in [-0.25, -0.2) is 4.98 Å². The summed E-state index contributed by atoms with van der Waals surface area (Å²) in [5, 5.41) is 4.76. The molecule has 31 heavy (non-hydrogen) atoms. The average Bonchev–Trinajstić information content (AvgIpc) is 3.15. The summed E-state index contributed by atoms with van der Waals surface area (Å²) in [4.78, 5) is 32.2. The van der Waals surface area contributed by atoms with E-state index in [1.54, 1.807) is 34.4 Å². The fourth-order valence-corrected chi connectivity index (χ4v) is 4.22. The van der Waals surface area contributed by atoms with Gasteiger partial charge in [-0.1, -0.05) is 54.2 Å². The summed E-state index contributed by atoms with van der Waals surface area (Å²) >= 11 is 1.26. The van der Waals surface area contributed by atoms with Gasteiger partial charge in [0.1, 0.15) is 5.52 Å². The van der Waals surface area contributed by atoms with Crippen LogP contribution >= 0.6 is 11.8 Å². The van der Waals surface area contributed by atoms with E-state index in [4.69, 9.17) is 0 Å². The Morgan fingerprint density at radius 1 is 1.13 bits per heavy atom. The van der Waals surface area contributed by atoms with Crippen molar-refractivity contribution in [3.8, 4) is 0 Å². The fourth-order valence-electron chi connectivity index (χ4n) is 3.31. The number of anilines is 1. The van der Waals surface area contributed by atoms with Crippen LogP contribution in [0, 0.1) is 6.92 Å². The molecular weight excluding hydrogens is 410 g/mol. The van der Waals surface area contributed by atoms with Crippen molar-refractivity contribution < 1.29 is 4.79 Å². The van der Waals surface area contributed by atoms with Crippen LogP contribution in [0.4, 0.5) is 5.69 Å². The molecule has 0 aliphatic carbocycles. The summed E-state index contributed by atoms with van der Waals surface area (Å²) in [5.74, 6) is 0.0969. The molecule has 2 aromatic carbocycles. The number of carbonyl (C=O) groups excluding carboxylic acids is 1. The van der Waals surface area contributed by atoms with Crippen molar-refractivity contribution in [3.63, 3.8) is 0 Å². The van der Waals surface area contributed by atoms with Gasteiger partial charge >= 0.3 is 0 Å². The Bertz CT molecular complexity index is 1300. The number of hydrogen-bond donors (Lipinski definition) is 0. The molecule has 8 heteroatoms. The highest BCUT2D eigenvalue weighted by molar-refractivity contribution is 7.99. The molecule has 0 unspecified atom stereocenters. The smallest absolute Gasteiger partial charge is 0.282 e. The van der Waals surface area contributed by atoms with Gasteiger partial charge in [-0.2, -0.15) is 5.10 Å². The molecule has 0 fully saturated rings. The van der Waals surface area contributed by atoms with E-state index in [2.05, 4.69) is 10.1 Å². The summed E-state index contributed by atoms with van der Waals surface area (Å²) in [6.45, 7) is 2.36. The molecule has 2 aromatic heterocycles. The Balaban J connectivity index is 1.63. The minimum atomic E-state index is -0.212. The second kappa shape index (κ2) is 8.77. The lowest BCUT2D eigenvalue weighted by molar-refractivity contribution is -0.115. The highest BCUT2D eigenvalue weighted by Gasteiger charge is 2.18. The van der Waals surface area contributed by atoms with E-state index in [1.807, 2.05) is 61.5 Å². The lowest BCUT2D eigenvalue weighted by Crippen LogP contribution is -2.29. The Hall–Kier alpha value is -3.39. The number of rotatable bonds is 6. The highest BCUT2D eigenvalue weighted by Crippen LogP contribution is 2.21. The van der Waals surface area contributed by atoms with E-state index in [9.17, 15) is 9.59 Å². The predicted molar refractivity (Wildman–Crippen MR) is 124 cm³/mol. The predicted octanol–water partition coefficient (Wildman–Crippen LogP) is 3.24. The quantitative estimate of drug-likeness (QED) is 0.345. The van der Waals surface area contributed by atoms with Crippen LogP contribution in [-0.2, 0) is 18.4 Å². The zero-order chi connectivity index (χ0) is 22.0. The SMILES string of the molecule is Cc1cccc(N(C)C(=O)CSc2nc3cn(C)nc3c(=O)n2Cc2ccccc2)c1. The molecule has 7 nitrogen and oxygen atoms in total. The number of hydrogen-bond acceptors (Lipinski definition) is 5. The first-order valence-corrected chi connectivity index (χ1v) is 10.8. The molecule has 0 saturated heterocycles. The number of aromatic nitrogens is 4. The number of thioether (sulfide) groups is 1. The van der Waals surface area contributed by atoms with Gasteiger partial charge in [0.25, 0.3) is 5.56 Å². The molecule has 0 atom stereocenters. The second-order valence-electron chi connectivity index (χ2n) is 7.39. The highest BCUT2D eigenvalue weighted by atomic mass is 32.2.